The first-order chi connectivity index (χ1) is 16.5. The van der Waals surface area contributed by atoms with Crippen LogP contribution in [0.15, 0.2) is 54.6 Å². The molecule has 0 aromatic heterocycles. The second-order valence-corrected chi connectivity index (χ2v) is 8.98. The topological polar surface area (TPSA) is 70.2 Å². The fourth-order valence-corrected chi connectivity index (χ4v) is 4.66. The van der Waals surface area contributed by atoms with Crippen LogP contribution in [-0.2, 0) is 9.59 Å². The van der Waals surface area contributed by atoms with Crippen LogP contribution in [0.1, 0.15) is 36.5 Å². The molecule has 0 atom stereocenters. The highest BCUT2D eigenvalue weighted by Gasteiger charge is 2.31. The SMILES string of the molecule is CC(=O)c1ccc(N2CCN(C(=O)C3CCN(C(=O)CCOc4ccccc4)CC3)CC2)cc1. The van der Waals surface area contributed by atoms with Crippen LogP contribution in [0.25, 0.3) is 0 Å². The first-order valence-electron chi connectivity index (χ1n) is 12.1. The van der Waals surface area contributed by atoms with Crippen LogP contribution in [0.5, 0.6) is 5.75 Å². The third-order valence-electron chi connectivity index (χ3n) is 6.76. The van der Waals surface area contributed by atoms with Crippen molar-refractivity contribution in [1.29, 1.82) is 0 Å². The smallest absolute Gasteiger partial charge is 0.225 e. The van der Waals surface area contributed by atoms with E-state index >= 15 is 0 Å². The summed E-state index contributed by atoms with van der Waals surface area (Å²) in [5, 5.41) is 0. The summed E-state index contributed by atoms with van der Waals surface area (Å²) < 4.78 is 5.64. The predicted octanol–water partition coefficient (Wildman–Crippen LogP) is 3.25. The summed E-state index contributed by atoms with van der Waals surface area (Å²) in [6.07, 6.45) is 1.79. The standard InChI is InChI=1S/C27H33N3O4/c1-21(31)22-7-9-24(10-8-22)28-16-18-30(19-17-28)27(33)23-11-14-29(15-12-23)26(32)13-20-34-25-5-3-2-4-6-25/h2-10,23H,11-20H2,1H3. The third kappa shape index (κ3) is 5.95. The highest BCUT2D eigenvalue weighted by Crippen LogP contribution is 2.23. The molecule has 0 aliphatic carbocycles. The Kier molecular flexibility index (Phi) is 7.83. The van der Waals surface area contributed by atoms with Crippen LogP contribution < -0.4 is 9.64 Å². The van der Waals surface area contributed by atoms with E-state index < -0.39 is 0 Å². The van der Waals surface area contributed by atoms with E-state index in [2.05, 4.69) is 4.90 Å². The van der Waals surface area contributed by atoms with E-state index in [4.69, 9.17) is 4.74 Å². The van der Waals surface area contributed by atoms with Gasteiger partial charge in [-0.3, -0.25) is 14.4 Å². The van der Waals surface area contributed by atoms with Crippen molar-refractivity contribution >= 4 is 23.3 Å². The largest absolute Gasteiger partial charge is 0.493 e. The highest BCUT2D eigenvalue weighted by molar-refractivity contribution is 5.94. The highest BCUT2D eigenvalue weighted by atomic mass is 16.5. The number of hydrogen-bond donors (Lipinski definition) is 0. The average Bonchev–Trinajstić information content (AvgIpc) is 2.89. The van der Waals surface area contributed by atoms with E-state index in [0.717, 1.165) is 37.4 Å². The lowest BCUT2D eigenvalue weighted by Crippen LogP contribution is -2.52. The van der Waals surface area contributed by atoms with Crippen molar-refractivity contribution in [1.82, 2.24) is 9.80 Å². The Morgan fingerprint density at radius 2 is 1.47 bits per heavy atom. The number of ketones is 1. The maximum Gasteiger partial charge on any atom is 0.225 e. The molecule has 2 aromatic carbocycles. The summed E-state index contributed by atoms with van der Waals surface area (Å²) in [7, 11) is 0. The van der Waals surface area contributed by atoms with Gasteiger partial charge in [0, 0.05) is 56.4 Å². The number of rotatable bonds is 7. The van der Waals surface area contributed by atoms with Gasteiger partial charge >= 0.3 is 0 Å². The van der Waals surface area contributed by atoms with Crippen molar-refractivity contribution in [3.05, 3.63) is 60.2 Å². The average molecular weight is 464 g/mol. The van der Waals surface area contributed by atoms with Gasteiger partial charge in [-0.15, -0.1) is 0 Å². The van der Waals surface area contributed by atoms with Crippen molar-refractivity contribution in [3.63, 3.8) is 0 Å². The summed E-state index contributed by atoms with van der Waals surface area (Å²) in [5.74, 6) is 1.13. The van der Waals surface area contributed by atoms with Crippen LogP contribution in [0.4, 0.5) is 5.69 Å². The minimum absolute atomic E-state index is 0.00832. The van der Waals surface area contributed by atoms with Gasteiger partial charge in [0.25, 0.3) is 0 Å². The Morgan fingerprint density at radius 3 is 2.09 bits per heavy atom. The molecule has 2 saturated heterocycles. The van der Waals surface area contributed by atoms with E-state index in [1.807, 2.05) is 64.4 Å². The molecule has 7 nitrogen and oxygen atoms in total. The van der Waals surface area contributed by atoms with Gasteiger partial charge in [0.05, 0.1) is 13.0 Å². The van der Waals surface area contributed by atoms with Crippen molar-refractivity contribution in [2.75, 3.05) is 50.8 Å². The molecule has 180 valence electrons. The number of piperidine rings is 1. The molecule has 34 heavy (non-hydrogen) atoms. The van der Waals surface area contributed by atoms with Gasteiger partial charge in [0.2, 0.25) is 11.8 Å². The number of likely N-dealkylation sites (tertiary alicyclic amines) is 1. The van der Waals surface area contributed by atoms with Crippen molar-refractivity contribution in [2.24, 2.45) is 5.92 Å². The molecule has 2 aliphatic rings. The lowest BCUT2D eigenvalue weighted by Gasteiger charge is -2.39. The summed E-state index contributed by atoms with van der Waals surface area (Å²) in [6, 6.07) is 17.2. The molecule has 0 spiro atoms. The van der Waals surface area contributed by atoms with Crippen molar-refractivity contribution in [2.45, 2.75) is 26.2 Å². The maximum absolute atomic E-state index is 13.1. The minimum Gasteiger partial charge on any atom is -0.493 e. The molecule has 2 aromatic rings. The second kappa shape index (κ2) is 11.2. The molecule has 0 N–H and O–H groups in total. The van der Waals surface area contributed by atoms with Crippen molar-refractivity contribution < 1.29 is 19.1 Å². The number of Topliss-reactive ketones (excluding diaryl/α,β-unsaturated/α-hetero) is 1. The zero-order chi connectivity index (χ0) is 23.9. The van der Waals surface area contributed by atoms with E-state index in [1.54, 1.807) is 6.92 Å². The third-order valence-corrected chi connectivity index (χ3v) is 6.76. The summed E-state index contributed by atoms with van der Waals surface area (Å²) in [6.45, 7) is 6.15. The number of hydrogen-bond acceptors (Lipinski definition) is 5. The molecule has 0 bridgehead atoms. The number of carbonyl (C=O) groups excluding carboxylic acids is 3. The van der Waals surface area contributed by atoms with Gasteiger partial charge in [0.15, 0.2) is 5.78 Å². The fourth-order valence-electron chi connectivity index (χ4n) is 4.66. The molecule has 0 unspecified atom stereocenters. The number of amides is 2. The molecule has 2 aliphatic heterocycles. The zero-order valence-corrected chi connectivity index (χ0v) is 19.8. The number of benzene rings is 2. The van der Waals surface area contributed by atoms with Gasteiger partial charge < -0.3 is 19.4 Å². The Hall–Kier alpha value is -3.35. The maximum atomic E-state index is 13.1. The van der Waals surface area contributed by atoms with Crippen LogP contribution in [0.3, 0.4) is 0 Å². The van der Waals surface area contributed by atoms with Crippen LogP contribution >= 0.6 is 0 Å². The van der Waals surface area contributed by atoms with Crippen molar-refractivity contribution in [3.8, 4) is 5.75 Å². The molecule has 0 radical (unpaired) electrons. The fraction of sp³-hybridized carbons (Fsp3) is 0.444. The number of carbonyl (C=O) groups is 3. The van der Waals surface area contributed by atoms with Crippen LogP contribution in [0, 0.1) is 5.92 Å². The normalized spacial score (nSPS) is 16.9. The molecular formula is C27H33N3O4. The Bertz CT molecular complexity index is 977. The summed E-state index contributed by atoms with van der Waals surface area (Å²) >= 11 is 0. The molecule has 0 saturated carbocycles. The van der Waals surface area contributed by atoms with E-state index in [9.17, 15) is 14.4 Å². The molecule has 2 fully saturated rings. The number of ether oxygens (including phenoxy) is 1. The molecular weight excluding hydrogens is 430 g/mol. The van der Waals surface area contributed by atoms with E-state index in [0.29, 0.717) is 44.8 Å². The van der Waals surface area contributed by atoms with Crippen LogP contribution in [0.2, 0.25) is 0 Å². The second-order valence-electron chi connectivity index (χ2n) is 8.98. The first-order valence-corrected chi connectivity index (χ1v) is 12.1. The Labute approximate surface area is 201 Å². The lowest BCUT2D eigenvalue weighted by atomic mass is 9.94. The van der Waals surface area contributed by atoms with Crippen LogP contribution in [-0.4, -0.2) is 73.3 Å². The van der Waals surface area contributed by atoms with Gasteiger partial charge in [-0.25, -0.2) is 0 Å². The first kappa shape index (κ1) is 23.8. The predicted molar refractivity (Wildman–Crippen MR) is 131 cm³/mol. The molecule has 2 heterocycles. The molecule has 2 amide bonds. The van der Waals surface area contributed by atoms with Gasteiger partial charge in [-0.1, -0.05) is 18.2 Å². The Morgan fingerprint density at radius 1 is 0.824 bits per heavy atom. The van der Waals surface area contributed by atoms with E-state index in [-0.39, 0.29) is 23.5 Å². The lowest BCUT2D eigenvalue weighted by molar-refractivity contribution is -0.141. The van der Waals surface area contributed by atoms with Gasteiger partial charge in [-0.05, 0) is 56.2 Å². The zero-order valence-electron chi connectivity index (χ0n) is 19.8. The quantitative estimate of drug-likeness (QED) is 0.590. The summed E-state index contributed by atoms with van der Waals surface area (Å²) in [4.78, 5) is 43.2. The van der Waals surface area contributed by atoms with E-state index in [1.165, 1.54) is 0 Å². The van der Waals surface area contributed by atoms with Gasteiger partial charge in [0.1, 0.15) is 5.75 Å². The van der Waals surface area contributed by atoms with Gasteiger partial charge in [-0.2, -0.15) is 0 Å². The number of nitrogens with zero attached hydrogens (tertiary/aromatic N) is 3. The number of anilines is 1. The minimum atomic E-state index is -0.00832. The molecule has 4 rings (SSSR count). The number of para-hydroxylation sites is 1. The number of piperazine rings is 1. The summed E-state index contributed by atoms with van der Waals surface area (Å²) in [5.41, 5.74) is 1.80. The Balaban J connectivity index is 1.18. The monoisotopic (exact) mass is 463 g/mol. The molecule has 7 heteroatoms.